The van der Waals surface area contributed by atoms with Gasteiger partial charge in [0.05, 0.1) is 18.4 Å². The van der Waals surface area contributed by atoms with Crippen LogP contribution >= 0.6 is 0 Å². The highest BCUT2D eigenvalue weighted by Gasteiger charge is 2.49. The molecule has 6 heteroatoms. The molecule has 0 aromatic heterocycles. The number of allylic oxidation sites excluding steroid dienone is 4. The van der Waals surface area contributed by atoms with Crippen LogP contribution in [0.5, 0.6) is 0 Å². The molecule has 0 saturated heterocycles. The van der Waals surface area contributed by atoms with E-state index in [0.717, 1.165) is 12.8 Å². The highest BCUT2D eigenvalue weighted by Crippen LogP contribution is 2.44. The first-order valence-electron chi connectivity index (χ1n) is 9.91. The van der Waals surface area contributed by atoms with Crippen LogP contribution in [0, 0.1) is 41.4 Å². The molecule has 2 fully saturated rings. The van der Waals surface area contributed by atoms with Crippen molar-refractivity contribution in [3.8, 4) is 0 Å². The summed E-state index contributed by atoms with van der Waals surface area (Å²) in [6.45, 7) is 13.0. The Hall–Kier alpha value is -2.63. The van der Waals surface area contributed by atoms with Gasteiger partial charge in [0.25, 0.3) is 0 Å². The van der Waals surface area contributed by atoms with Crippen molar-refractivity contribution in [1.82, 2.24) is 0 Å². The average molecular weight is 402 g/mol. The fourth-order valence-corrected chi connectivity index (χ4v) is 4.70. The van der Waals surface area contributed by atoms with E-state index < -0.39 is 29.7 Å². The minimum absolute atomic E-state index is 0.150. The number of esters is 1. The van der Waals surface area contributed by atoms with Gasteiger partial charge in [0.15, 0.2) is 0 Å². The predicted octanol–water partition coefficient (Wildman–Crippen LogP) is 3.71. The quantitative estimate of drug-likeness (QED) is 0.346. The molecule has 0 radical (unpaired) electrons. The smallest absolute Gasteiger partial charge is 0.333 e. The molecule has 2 aliphatic carbocycles. The lowest BCUT2D eigenvalue weighted by molar-refractivity contribution is -0.153. The second-order valence-electron chi connectivity index (χ2n) is 8.18. The van der Waals surface area contributed by atoms with E-state index in [-0.39, 0.29) is 29.6 Å². The summed E-state index contributed by atoms with van der Waals surface area (Å²) in [6.07, 6.45) is 9.40. The summed E-state index contributed by atoms with van der Waals surface area (Å²) in [5.41, 5.74) is 0.361. The van der Waals surface area contributed by atoms with Gasteiger partial charge in [0, 0.05) is 5.57 Å². The van der Waals surface area contributed by atoms with Gasteiger partial charge in [-0.05, 0) is 55.8 Å². The van der Waals surface area contributed by atoms with E-state index in [1.807, 2.05) is 18.2 Å². The zero-order valence-electron chi connectivity index (χ0n) is 16.8. The molecule has 7 unspecified atom stereocenters. The van der Waals surface area contributed by atoms with Gasteiger partial charge in [0.1, 0.15) is 0 Å². The third kappa shape index (κ3) is 5.25. The summed E-state index contributed by atoms with van der Waals surface area (Å²) in [5.74, 6) is -4.66. The number of hydrogen-bond acceptors (Lipinski definition) is 4. The van der Waals surface area contributed by atoms with E-state index in [9.17, 15) is 24.6 Å². The summed E-state index contributed by atoms with van der Waals surface area (Å²) in [6, 6.07) is 0. The molecule has 0 bridgehead atoms. The molecule has 0 heterocycles. The molecular formula is C23H30O6. The van der Waals surface area contributed by atoms with Crippen molar-refractivity contribution >= 4 is 17.9 Å². The number of carboxylic acid groups (broad SMARTS) is 2. The standard InChI is InChI=1S/C23H30O6/c1-5-15-9-14(10-18(15)12-29-23(28)13(3)4)7-8-17-11-16(6-2)19(21(24)25)20(17)22(26)27/h5-8,14-20H,1-3,9-12H2,4H3,(H,24,25)(H,26,27)/b8-7+. The summed E-state index contributed by atoms with van der Waals surface area (Å²) < 4.78 is 5.30. The largest absolute Gasteiger partial charge is 0.481 e. The lowest BCUT2D eigenvalue weighted by Crippen LogP contribution is -2.31. The number of ether oxygens (including phenoxy) is 1. The molecule has 2 aliphatic rings. The van der Waals surface area contributed by atoms with Crippen LogP contribution < -0.4 is 0 Å². The van der Waals surface area contributed by atoms with Gasteiger partial charge in [-0.2, -0.15) is 0 Å². The van der Waals surface area contributed by atoms with Crippen LogP contribution in [-0.2, 0) is 19.1 Å². The van der Waals surface area contributed by atoms with Crippen LogP contribution in [0.15, 0.2) is 49.6 Å². The van der Waals surface area contributed by atoms with Gasteiger partial charge in [0.2, 0.25) is 0 Å². The number of carboxylic acids is 2. The Bertz CT molecular complexity index is 721. The number of carbonyl (C=O) groups is 3. The van der Waals surface area contributed by atoms with Crippen LogP contribution in [0.25, 0.3) is 0 Å². The second-order valence-corrected chi connectivity index (χ2v) is 8.18. The van der Waals surface area contributed by atoms with Crippen molar-refractivity contribution in [1.29, 1.82) is 0 Å². The minimum Gasteiger partial charge on any atom is -0.481 e. The number of carbonyl (C=O) groups excluding carboxylic acids is 1. The number of rotatable bonds is 9. The third-order valence-electron chi connectivity index (χ3n) is 6.22. The number of hydrogen-bond donors (Lipinski definition) is 2. The summed E-state index contributed by atoms with van der Waals surface area (Å²) in [4.78, 5) is 35.0. The molecule has 0 aromatic rings. The summed E-state index contributed by atoms with van der Waals surface area (Å²) in [7, 11) is 0. The van der Waals surface area contributed by atoms with E-state index in [0.29, 0.717) is 18.6 Å². The molecule has 0 amide bonds. The van der Waals surface area contributed by atoms with E-state index in [1.165, 1.54) is 0 Å². The molecule has 0 aromatic carbocycles. The Balaban J connectivity index is 2.06. The monoisotopic (exact) mass is 402 g/mol. The van der Waals surface area contributed by atoms with Gasteiger partial charge in [-0.25, -0.2) is 4.79 Å². The Labute approximate surface area is 171 Å². The molecule has 158 valence electrons. The van der Waals surface area contributed by atoms with Crippen molar-refractivity contribution in [2.45, 2.75) is 26.2 Å². The van der Waals surface area contributed by atoms with E-state index >= 15 is 0 Å². The van der Waals surface area contributed by atoms with Crippen LogP contribution in [0.4, 0.5) is 0 Å². The van der Waals surface area contributed by atoms with Gasteiger partial charge in [-0.1, -0.05) is 30.9 Å². The minimum atomic E-state index is -1.09. The molecule has 2 saturated carbocycles. The van der Waals surface area contributed by atoms with Gasteiger partial charge >= 0.3 is 17.9 Å². The molecule has 2 N–H and O–H groups in total. The normalized spacial score (nSPS) is 34.0. The lowest BCUT2D eigenvalue weighted by atomic mass is 9.86. The van der Waals surface area contributed by atoms with E-state index in [4.69, 9.17) is 4.74 Å². The zero-order chi connectivity index (χ0) is 21.7. The molecular weight excluding hydrogens is 372 g/mol. The van der Waals surface area contributed by atoms with E-state index in [2.05, 4.69) is 19.7 Å². The van der Waals surface area contributed by atoms with Crippen molar-refractivity contribution in [2.75, 3.05) is 6.61 Å². The topological polar surface area (TPSA) is 101 Å². The lowest BCUT2D eigenvalue weighted by Gasteiger charge is -2.17. The first-order chi connectivity index (χ1) is 13.7. The van der Waals surface area contributed by atoms with E-state index in [1.54, 1.807) is 13.0 Å². The van der Waals surface area contributed by atoms with Gasteiger partial charge < -0.3 is 14.9 Å². The Kier molecular flexibility index (Phi) is 7.59. The number of aliphatic carboxylic acids is 2. The molecule has 0 spiro atoms. The maximum absolute atomic E-state index is 11.7. The molecule has 7 atom stereocenters. The molecule has 2 rings (SSSR count). The first-order valence-corrected chi connectivity index (χ1v) is 9.91. The van der Waals surface area contributed by atoms with Crippen LogP contribution in [0.2, 0.25) is 0 Å². The van der Waals surface area contributed by atoms with Crippen molar-refractivity contribution in [2.24, 2.45) is 41.4 Å². The van der Waals surface area contributed by atoms with Crippen molar-refractivity contribution in [3.05, 3.63) is 49.6 Å². The SMILES string of the molecule is C=CC1CC(/C=C/C2CC(C=C)C(C(=O)O)C2C(=O)O)CC1COC(=O)C(=C)C. The second kappa shape index (κ2) is 9.72. The summed E-state index contributed by atoms with van der Waals surface area (Å²) >= 11 is 0. The van der Waals surface area contributed by atoms with Crippen LogP contribution in [-0.4, -0.2) is 34.7 Å². The summed E-state index contributed by atoms with van der Waals surface area (Å²) in [5, 5.41) is 19.1. The Morgan fingerprint density at radius 2 is 1.52 bits per heavy atom. The van der Waals surface area contributed by atoms with Crippen LogP contribution in [0.3, 0.4) is 0 Å². The maximum atomic E-state index is 11.7. The average Bonchev–Trinajstić information content (AvgIpc) is 3.24. The first kappa shape index (κ1) is 22.7. The Morgan fingerprint density at radius 1 is 0.931 bits per heavy atom. The molecule has 0 aliphatic heterocycles. The maximum Gasteiger partial charge on any atom is 0.333 e. The molecule has 6 nitrogen and oxygen atoms in total. The zero-order valence-corrected chi connectivity index (χ0v) is 16.8. The molecule has 29 heavy (non-hydrogen) atoms. The predicted molar refractivity (Wildman–Crippen MR) is 109 cm³/mol. The third-order valence-corrected chi connectivity index (χ3v) is 6.22. The van der Waals surface area contributed by atoms with Gasteiger partial charge in [-0.15, -0.1) is 13.2 Å². The fourth-order valence-electron chi connectivity index (χ4n) is 4.70. The van der Waals surface area contributed by atoms with Gasteiger partial charge in [-0.3, -0.25) is 9.59 Å². The fraction of sp³-hybridized carbons (Fsp3) is 0.522. The highest BCUT2D eigenvalue weighted by atomic mass is 16.5. The van der Waals surface area contributed by atoms with Crippen LogP contribution in [0.1, 0.15) is 26.2 Å². The highest BCUT2D eigenvalue weighted by molar-refractivity contribution is 5.86. The van der Waals surface area contributed by atoms with Crippen molar-refractivity contribution in [3.63, 3.8) is 0 Å². The Morgan fingerprint density at radius 3 is 2.03 bits per heavy atom. The van der Waals surface area contributed by atoms with Crippen molar-refractivity contribution < 1.29 is 29.3 Å².